The van der Waals surface area contributed by atoms with Gasteiger partial charge in [0.25, 0.3) is 0 Å². The van der Waals surface area contributed by atoms with Crippen molar-refractivity contribution in [2.75, 3.05) is 25.6 Å². The molecule has 4 nitrogen and oxygen atoms in total. The van der Waals surface area contributed by atoms with E-state index in [2.05, 4.69) is 10.3 Å². The van der Waals surface area contributed by atoms with Crippen LogP contribution >= 0.6 is 0 Å². The molecule has 6 heteroatoms. The van der Waals surface area contributed by atoms with Crippen molar-refractivity contribution in [1.29, 1.82) is 0 Å². The summed E-state index contributed by atoms with van der Waals surface area (Å²) in [5.74, 6) is -0.400. The molecule has 0 spiro atoms. The van der Waals surface area contributed by atoms with Gasteiger partial charge in [-0.2, -0.15) is 0 Å². The van der Waals surface area contributed by atoms with E-state index in [1.54, 1.807) is 43.5 Å². The average Bonchev–Trinajstić information content (AvgIpc) is 2.67. The molecule has 0 bridgehead atoms. The van der Waals surface area contributed by atoms with Gasteiger partial charge in [0.1, 0.15) is 23.2 Å². The van der Waals surface area contributed by atoms with Crippen LogP contribution in [0.3, 0.4) is 0 Å². The summed E-state index contributed by atoms with van der Waals surface area (Å²) in [4.78, 5) is 4.54. The number of halogens is 2. The number of ether oxygens (including phenoxy) is 1. The molecule has 3 rings (SSSR count). The van der Waals surface area contributed by atoms with Crippen molar-refractivity contribution < 1.29 is 18.6 Å². The highest BCUT2D eigenvalue weighted by atomic mass is 19.1. The van der Waals surface area contributed by atoms with Crippen molar-refractivity contribution in [1.82, 2.24) is 4.98 Å². The molecule has 27 heavy (non-hydrogen) atoms. The fourth-order valence-corrected chi connectivity index (χ4v) is 2.74. The minimum Gasteiger partial charge on any atom is -0.508 e. The Morgan fingerprint density at radius 3 is 2.67 bits per heavy atom. The first-order chi connectivity index (χ1) is 13.1. The number of pyridine rings is 1. The number of nitrogens with zero attached hydrogens (tertiary/aromatic N) is 1. The Kier molecular flexibility index (Phi) is 5.98. The van der Waals surface area contributed by atoms with Gasteiger partial charge in [-0.25, -0.2) is 13.8 Å². The van der Waals surface area contributed by atoms with Crippen LogP contribution in [0.4, 0.5) is 14.6 Å². The molecular weight excluding hydrogens is 350 g/mol. The second-order valence-corrected chi connectivity index (χ2v) is 6.07. The highest BCUT2D eigenvalue weighted by Crippen LogP contribution is 2.31. The Morgan fingerprint density at radius 1 is 1.04 bits per heavy atom. The largest absolute Gasteiger partial charge is 0.508 e. The lowest BCUT2D eigenvalue weighted by molar-refractivity contribution is 0.198. The van der Waals surface area contributed by atoms with Crippen LogP contribution in [-0.4, -0.2) is 30.4 Å². The third-order valence-electron chi connectivity index (χ3n) is 4.04. The van der Waals surface area contributed by atoms with Gasteiger partial charge in [0.15, 0.2) is 0 Å². The van der Waals surface area contributed by atoms with Crippen molar-refractivity contribution in [3.63, 3.8) is 0 Å². The van der Waals surface area contributed by atoms with Crippen LogP contribution in [-0.2, 0) is 4.74 Å². The summed E-state index contributed by atoms with van der Waals surface area (Å²) < 4.78 is 33.0. The molecule has 3 aromatic rings. The number of hydrogen-bond acceptors (Lipinski definition) is 4. The van der Waals surface area contributed by atoms with Gasteiger partial charge < -0.3 is 15.2 Å². The Balaban J connectivity index is 2.03. The van der Waals surface area contributed by atoms with Gasteiger partial charge in [-0.05, 0) is 54.4 Å². The molecule has 0 aliphatic rings. The number of phenolic OH excluding ortho intramolecular Hbond substituents is 1. The zero-order valence-electron chi connectivity index (χ0n) is 14.9. The normalized spacial score (nSPS) is 10.8. The zero-order valence-corrected chi connectivity index (χ0v) is 14.9. The number of hydrogen-bond donors (Lipinski definition) is 2. The van der Waals surface area contributed by atoms with Gasteiger partial charge in [-0.15, -0.1) is 0 Å². The van der Waals surface area contributed by atoms with Crippen LogP contribution in [0.2, 0.25) is 0 Å². The van der Waals surface area contributed by atoms with Crippen molar-refractivity contribution >= 4 is 5.82 Å². The molecule has 1 aromatic heterocycles. The lowest BCUT2D eigenvalue weighted by atomic mass is 10.0. The first kappa shape index (κ1) is 18.8. The van der Waals surface area contributed by atoms with E-state index >= 15 is 0 Å². The van der Waals surface area contributed by atoms with E-state index in [4.69, 9.17) is 4.74 Å². The molecule has 0 saturated carbocycles. The molecular formula is C21H20F2N2O2. The van der Waals surface area contributed by atoms with E-state index in [-0.39, 0.29) is 11.3 Å². The smallest absolute Gasteiger partial charge is 0.131 e. The van der Waals surface area contributed by atoms with E-state index < -0.39 is 11.6 Å². The van der Waals surface area contributed by atoms with Crippen molar-refractivity contribution in [3.8, 4) is 28.1 Å². The number of aromatic nitrogens is 1. The van der Waals surface area contributed by atoms with Gasteiger partial charge in [-0.1, -0.05) is 12.1 Å². The monoisotopic (exact) mass is 370 g/mol. The van der Waals surface area contributed by atoms with Crippen LogP contribution in [0.25, 0.3) is 22.4 Å². The molecule has 0 aliphatic heterocycles. The van der Waals surface area contributed by atoms with Gasteiger partial charge in [-0.3, -0.25) is 0 Å². The molecule has 0 saturated heterocycles. The summed E-state index contributed by atoms with van der Waals surface area (Å²) in [6.45, 7) is 1.22. The second-order valence-electron chi connectivity index (χ2n) is 6.07. The number of aromatic hydroxyl groups is 1. The predicted molar refractivity (Wildman–Crippen MR) is 102 cm³/mol. The number of rotatable bonds is 7. The number of phenols is 1. The lowest BCUT2D eigenvalue weighted by Gasteiger charge is -2.12. The highest BCUT2D eigenvalue weighted by Gasteiger charge is 2.12. The predicted octanol–water partition coefficient (Wildman–Crippen LogP) is 4.85. The summed E-state index contributed by atoms with van der Waals surface area (Å²) in [6, 6.07) is 13.3. The lowest BCUT2D eigenvalue weighted by Crippen LogP contribution is -2.06. The number of methoxy groups -OCH3 is 1. The van der Waals surface area contributed by atoms with E-state index in [0.29, 0.717) is 35.8 Å². The number of nitrogens with one attached hydrogen (secondary N) is 1. The number of benzene rings is 2. The first-order valence-electron chi connectivity index (χ1n) is 8.56. The van der Waals surface area contributed by atoms with Crippen LogP contribution in [0.5, 0.6) is 5.75 Å². The van der Waals surface area contributed by atoms with E-state index in [0.717, 1.165) is 24.6 Å². The molecule has 0 unspecified atom stereocenters. The highest BCUT2D eigenvalue weighted by molar-refractivity contribution is 5.74. The van der Waals surface area contributed by atoms with E-state index in [1.165, 1.54) is 0 Å². The molecule has 0 amide bonds. The maximum Gasteiger partial charge on any atom is 0.131 e. The summed E-state index contributed by atoms with van der Waals surface area (Å²) >= 11 is 0. The summed E-state index contributed by atoms with van der Waals surface area (Å²) in [5.41, 5.74) is 1.86. The van der Waals surface area contributed by atoms with Crippen molar-refractivity contribution in [3.05, 3.63) is 66.2 Å². The standard InChI is InChI=1S/C21H20F2N2O2/c1-27-9-3-8-24-21-12-15(18-13-16(22)6-7-19(18)23)11-20(25-21)14-4-2-5-17(26)10-14/h2,4-7,10-13,26H,3,8-9H2,1H3,(H,24,25). The van der Waals surface area contributed by atoms with Crippen molar-refractivity contribution in [2.24, 2.45) is 0 Å². The van der Waals surface area contributed by atoms with Gasteiger partial charge in [0.2, 0.25) is 0 Å². The Hall–Kier alpha value is -2.99. The maximum atomic E-state index is 14.3. The number of anilines is 1. The zero-order chi connectivity index (χ0) is 19.2. The third kappa shape index (κ3) is 4.80. The molecule has 1 heterocycles. The summed E-state index contributed by atoms with van der Waals surface area (Å²) in [6.07, 6.45) is 0.776. The van der Waals surface area contributed by atoms with Crippen molar-refractivity contribution in [2.45, 2.75) is 6.42 Å². The molecule has 2 aromatic carbocycles. The van der Waals surface area contributed by atoms with Crippen LogP contribution in [0.1, 0.15) is 6.42 Å². The Bertz CT molecular complexity index is 932. The molecule has 0 atom stereocenters. The third-order valence-corrected chi connectivity index (χ3v) is 4.04. The summed E-state index contributed by atoms with van der Waals surface area (Å²) in [7, 11) is 1.63. The van der Waals surface area contributed by atoms with Crippen LogP contribution in [0.15, 0.2) is 54.6 Å². The molecule has 0 fully saturated rings. The van der Waals surface area contributed by atoms with Crippen LogP contribution < -0.4 is 5.32 Å². The fourth-order valence-electron chi connectivity index (χ4n) is 2.74. The Labute approximate surface area is 156 Å². The summed E-state index contributed by atoms with van der Waals surface area (Å²) in [5, 5.41) is 12.9. The van der Waals surface area contributed by atoms with Gasteiger partial charge in [0, 0.05) is 31.4 Å². The quantitative estimate of drug-likeness (QED) is 0.584. The SMILES string of the molecule is COCCCNc1cc(-c2cc(F)ccc2F)cc(-c2cccc(O)c2)n1. The van der Waals surface area contributed by atoms with E-state index in [1.807, 2.05) is 0 Å². The van der Waals surface area contributed by atoms with Gasteiger partial charge in [0.05, 0.1) is 5.69 Å². The second kappa shape index (κ2) is 8.60. The molecule has 140 valence electrons. The Morgan fingerprint density at radius 2 is 1.89 bits per heavy atom. The van der Waals surface area contributed by atoms with Gasteiger partial charge >= 0.3 is 0 Å². The van der Waals surface area contributed by atoms with E-state index in [9.17, 15) is 13.9 Å². The molecule has 0 radical (unpaired) electrons. The molecule has 0 aliphatic carbocycles. The topological polar surface area (TPSA) is 54.4 Å². The fraction of sp³-hybridized carbons (Fsp3) is 0.190. The maximum absolute atomic E-state index is 14.3. The minimum atomic E-state index is -0.519. The van der Waals surface area contributed by atoms with Crippen LogP contribution in [0, 0.1) is 11.6 Å². The average molecular weight is 370 g/mol. The molecule has 2 N–H and O–H groups in total. The first-order valence-corrected chi connectivity index (χ1v) is 8.56. The minimum absolute atomic E-state index is 0.103.